The van der Waals surface area contributed by atoms with Gasteiger partial charge in [0.25, 0.3) is 11.8 Å². The third-order valence-corrected chi connectivity index (χ3v) is 5.22. The van der Waals surface area contributed by atoms with Crippen LogP contribution in [0.4, 0.5) is 5.69 Å². The molecule has 134 valence electrons. The van der Waals surface area contributed by atoms with E-state index >= 15 is 0 Å². The predicted molar refractivity (Wildman–Crippen MR) is 104 cm³/mol. The second-order valence-corrected chi connectivity index (χ2v) is 7.41. The van der Waals surface area contributed by atoms with E-state index in [1.54, 1.807) is 36.4 Å². The molecule has 0 fully saturated rings. The van der Waals surface area contributed by atoms with Gasteiger partial charge in [-0.1, -0.05) is 29.8 Å². The highest BCUT2D eigenvalue weighted by atomic mass is 35.5. The summed E-state index contributed by atoms with van der Waals surface area (Å²) in [6.07, 6.45) is 0. The number of aryl methyl sites for hydroxylation is 1. The van der Waals surface area contributed by atoms with E-state index < -0.39 is 0 Å². The zero-order chi connectivity index (χ0) is 18.7. The van der Waals surface area contributed by atoms with E-state index in [1.807, 2.05) is 13.0 Å². The molecule has 0 atom stereocenters. The van der Waals surface area contributed by atoms with Gasteiger partial charge >= 0.3 is 0 Å². The molecule has 5 nitrogen and oxygen atoms in total. The Bertz CT molecular complexity index is 850. The molecule has 2 aromatic carbocycles. The number of anilines is 1. The van der Waals surface area contributed by atoms with Gasteiger partial charge in [0, 0.05) is 23.0 Å². The molecule has 0 aromatic heterocycles. The number of fused-ring (bicyclic) bond motifs is 1. The molecule has 0 saturated carbocycles. The third kappa shape index (κ3) is 3.92. The van der Waals surface area contributed by atoms with Gasteiger partial charge in [0.15, 0.2) is 0 Å². The number of carbonyl (C=O) groups excluding carboxylic acids is 3. The number of nitrogens with one attached hydrogen (secondary N) is 1. The number of thioether (sulfide) groups is 1. The average molecular weight is 389 g/mol. The number of imide groups is 1. The summed E-state index contributed by atoms with van der Waals surface area (Å²) in [6, 6.07) is 12.1. The van der Waals surface area contributed by atoms with Gasteiger partial charge in [-0.2, -0.15) is 11.8 Å². The quantitative estimate of drug-likeness (QED) is 0.606. The number of halogens is 1. The van der Waals surface area contributed by atoms with Crippen LogP contribution < -0.4 is 5.32 Å². The van der Waals surface area contributed by atoms with Crippen molar-refractivity contribution in [2.75, 3.05) is 23.4 Å². The molecule has 0 bridgehead atoms. The largest absolute Gasteiger partial charge is 0.325 e. The molecule has 1 N–H and O–H groups in total. The van der Waals surface area contributed by atoms with Crippen LogP contribution in [0.2, 0.25) is 5.02 Å². The molecule has 1 aliphatic rings. The Morgan fingerprint density at radius 3 is 2.42 bits per heavy atom. The van der Waals surface area contributed by atoms with Gasteiger partial charge in [-0.15, -0.1) is 0 Å². The maximum Gasteiger partial charge on any atom is 0.261 e. The first-order chi connectivity index (χ1) is 12.5. The Morgan fingerprint density at radius 2 is 1.77 bits per heavy atom. The molecule has 2 aromatic rings. The lowest BCUT2D eigenvalue weighted by Gasteiger charge is -2.13. The predicted octanol–water partition coefficient (Wildman–Crippen LogP) is 3.62. The fourth-order valence-electron chi connectivity index (χ4n) is 2.68. The van der Waals surface area contributed by atoms with E-state index in [2.05, 4.69) is 5.32 Å². The van der Waals surface area contributed by atoms with Crippen LogP contribution in [0.25, 0.3) is 0 Å². The number of nitrogens with zero attached hydrogens (tertiary/aromatic N) is 1. The molecule has 0 spiro atoms. The molecular weight excluding hydrogens is 372 g/mol. The highest BCUT2D eigenvalue weighted by molar-refractivity contribution is 7.99. The molecule has 1 heterocycles. The number of amides is 3. The van der Waals surface area contributed by atoms with Crippen LogP contribution in [0, 0.1) is 6.92 Å². The van der Waals surface area contributed by atoms with Crippen molar-refractivity contribution in [1.82, 2.24) is 4.90 Å². The highest BCUT2D eigenvalue weighted by Crippen LogP contribution is 2.23. The van der Waals surface area contributed by atoms with E-state index in [0.29, 0.717) is 27.6 Å². The number of carbonyl (C=O) groups is 3. The summed E-state index contributed by atoms with van der Waals surface area (Å²) in [5, 5.41) is 3.38. The van der Waals surface area contributed by atoms with Crippen LogP contribution in [0.15, 0.2) is 42.5 Å². The summed E-state index contributed by atoms with van der Waals surface area (Å²) in [5.74, 6) is 0.0286. The zero-order valence-electron chi connectivity index (χ0n) is 14.1. The Hall–Kier alpha value is -2.31. The molecule has 7 heteroatoms. The van der Waals surface area contributed by atoms with Crippen molar-refractivity contribution in [2.24, 2.45) is 0 Å². The van der Waals surface area contributed by atoms with Gasteiger partial charge in [0.1, 0.15) is 0 Å². The van der Waals surface area contributed by atoms with Crippen LogP contribution in [-0.2, 0) is 4.79 Å². The standard InChI is InChI=1S/C19H17ClN2O3S/c1-12-6-7-13(20)10-16(12)21-17(23)11-26-9-8-22-18(24)14-4-2-3-5-15(14)19(22)25/h2-7,10H,8-9,11H2,1H3,(H,21,23). The Morgan fingerprint density at radius 1 is 1.12 bits per heavy atom. The SMILES string of the molecule is Cc1ccc(Cl)cc1NC(=O)CSCCN1C(=O)c2ccccc2C1=O. The van der Waals surface area contributed by atoms with E-state index in [-0.39, 0.29) is 30.0 Å². The van der Waals surface area contributed by atoms with Crippen LogP contribution in [-0.4, -0.2) is 40.7 Å². The molecule has 3 amide bonds. The minimum Gasteiger partial charge on any atom is -0.325 e. The summed E-state index contributed by atoms with van der Waals surface area (Å²) < 4.78 is 0. The van der Waals surface area contributed by atoms with Gasteiger partial charge in [-0.25, -0.2) is 0 Å². The Labute approximate surface area is 160 Å². The normalized spacial score (nSPS) is 13.1. The second kappa shape index (κ2) is 7.93. The maximum atomic E-state index is 12.2. The minimum absolute atomic E-state index is 0.150. The molecule has 0 radical (unpaired) electrons. The van der Waals surface area contributed by atoms with Crippen LogP contribution in [0.5, 0.6) is 0 Å². The number of benzene rings is 2. The van der Waals surface area contributed by atoms with Crippen molar-refractivity contribution < 1.29 is 14.4 Å². The van der Waals surface area contributed by atoms with E-state index in [9.17, 15) is 14.4 Å². The lowest BCUT2D eigenvalue weighted by atomic mass is 10.1. The van der Waals surface area contributed by atoms with Crippen molar-refractivity contribution in [3.05, 3.63) is 64.2 Å². The Kier molecular flexibility index (Phi) is 5.64. The van der Waals surface area contributed by atoms with Crippen LogP contribution in [0.3, 0.4) is 0 Å². The van der Waals surface area contributed by atoms with Crippen LogP contribution >= 0.6 is 23.4 Å². The van der Waals surface area contributed by atoms with Crippen molar-refractivity contribution in [3.8, 4) is 0 Å². The molecule has 0 saturated heterocycles. The average Bonchev–Trinajstić information content (AvgIpc) is 2.87. The van der Waals surface area contributed by atoms with Crippen molar-refractivity contribution in [2.45, 2.75) is 6.92 Å². The molecule has 0 unspecified atom stereocenters. The van der Waals surface area contributed by atoms with E-state index in [1.165, 1.54) is 16.7 Å². The summed E-state index contributed by atoms with van der Waals surface area (Å²) in [4.78, 5) is 37.8. The van der Waals surface area contributed by atoms with Gasteiger partial charge in [-0.3, -0.25) is 19.3 Å². The number of hydrogen-bond donors (Lipinski definition) is 1. The molecule has 3 rings (SSSR count). The lowest BCUT2D eigenvalue weighted by molar-refractivity contribution is -0.113. The topological polar surface area (TPSA) is 66.5 Å². The number of hydrogen-bond acceptors (Lipinski definition) is 4. The fraction of sp³-hybridized carbons (Fsp3) is 0.211. The first kappa shape index (κ1) is 18.5. The van der Waals surface area contributed by atoms with Gasteiger partial charge in [-0.05, 0) is 36.8 Å². The first-order valence-electron chi connectivity index (χ1n) is 8.06. The Balaban J connectivity index is 1.47. The maximum absolute atomic E-state index is 12.2. The summed E-state index contributed by atoms with van der Waals surface area (Å²) in [5.41, 5.74) is 2.50. The van der Waals surface area contributed by atoms with Gasteiger partial charge in [0.2, 0.25) is 5.91 Å². The van der Waals surface area contributed by atoms with Crippen molar-refractivity contribution in [3.63, 3.8) is 0 Å². The van der Waals surface area contributed by atoms with Crippen molar-refractivity contribution >= 4 is 46.8 Å². The smallest absolute Gasteiger partial charge is 0.261 e. The number of rotatable bonds is 6. The third-order valence-electron chi connectivity index (χ3n) is 4.04. The second-order valence-electron chi connectivity index (χ2n) is 5.87. The minimum atomic E-state index is -0.273. The van der Waals surface area contributed by atoms with Crippen molar-refractivity contribution in [1.29, 1.82) is 0 Å². The zero-order valence-corrected chi connectivity index (χ0v) is 15.7. The lowest BCUT2D eigenvalue weighted by Crippen LogP contribution is -2.32. The monoisotopic (exact) mass is 388 g/mol. The van der Waals surface area contributed by atoms with Crippen LogP contribution in [0.1, 0.15) is 26.3 Å². The van der Waals surface area contributed by atoms with Gasteiger partial charge < -0.3 is 5.32 Å². The summed E-state index contributed by atoms with van der Waals surface area (Å²) in [7, 11) is 0. The first-order valence-corrected chi connectivity index (χ1v) is 9.59. The summed E-state index contributed by atoms with van der Waals surface area (Å²) >= 11 is 7.31. The van der Waals surface area contributed by atoms with Gasteiger partial charge in [0.05, 0.1) is 16.9 Å². The van der Waals surface area contributed by atoms with E-state index in [4.69, 9.17) is 11.6 Å². The summed E-state index contributed by atoms with van der Waals surface area (Å²) in [6.45, 7) is 2.17. The molecule has 0 aliphatic carbocycles. The highest BCUT2D eigenvalue weighted by Gasteiger charge is 2.34. The molecular formula is C19H17ClN2O3S. The molecule has 1 aliphatic heterocycles. The molecule has 26 heavy (non-hydrogen) atoms. The fourth-order valence-corrected chi connectivity index (χ4v) is 3.56. The van der Waals surface area contributed by atoms with E-state index in [0.717, 1.165) is 5.56 Å².